The Hall–Kier alpha value is -2.40. The largest absolute Gasteiger partial charge is 0.391 e. The Bertz CT molecular complexity index is 950. The molecule has 4 atom stereocenters. The molecule has 0 bridgehead atoms. The minimum absolute atomic E-state index is 0.0229. The molecule has 1 aromatic heterocycles. The average Bonchev–Trinajstić information content (AvgIpc) is 3.38. The molecule has 1 aliphatic rings. The van der Waals surface area contributed by atoms with Crippen molar-refractivity contribution < 1.29 is 28.5 Å². The molecule has 1 amide bonds. The van der Waals surface area contributed by atoms with E-state index in [0.29, 0.717) is 13.1 Å². The van der Waals surface area contributed by atoms with Crippen LogP contribution in [0, 0.1) is 17.6 Å². The smallest absolute Gasteiger partial charge is 0.251 e. The monoisotopic (exact) mass is 452 g/mol. The van der Waals surface area contributed by atoms with Crippen LogP contribution in [0.15, 0.2) is 24.4 Å². The summed E-state index contributed by atoms with van der Waals surface area (Å²) in [7, 11) is 1.49. The predicted octanol–water partition coefficient (Wildman–Crippen LogP) is 1.61. The van der Waals surface area contributed by atoms with Crippen LogP contribution in [0.2, 0.25) is 0 Å². The highest BCUT2D eigenvalue weighted by molar-refractivity contribution is 5.81. The zero-order chi connectivity index (χ0) is 23.6. The Morgan fingerprint density at radius 3 is 2.69 bits per heavy atom. The van der Waals surface area contributed by atoms with E-state index in [2.05, 4.69) is 15.3 Å². The van der Waals surface area contributed by atoms with Crippen molar-refractivity contribution in [3.05, 3.63) is 41.9 Å². The van der Waals surface area contributed by atoms with E-state index in [9.17, 15) is 23.8 Å². The van der Waals surface area contributed by atoms with Gasteiger partial charge in [0.05, 0.1) is 17.4 Å². The highest BCUT2D eigenvalue weighted by Crippen LogP contribution is 2.35. The summed E-state index contributed by atoms with van der Waals surface area (Å²) in [6.45, 7) is 5.93. The second-order valence-corrected chi connectivity index (χ2v) is 8.66. The second kappa shape index (κ2) is 9.62. The molecule has 0 radical (unpaired) electrons. The lowest BCUT2D eigenvalue weighted by molar-refractivity contribution is -0.151. The number of aromatic amines is 1. The molecular formula is C22H30F2N4O4. The number of carbonyl (C=O) groups excluding carboxylic acids is 1. The van der Waals surface area contributed by atoms with Gasteiger partial charge in [0, 0.05) is 44.4 Å². The molecule has 32 heavy (non-hydrogen) atoms. The van der Waals surface area contributed by atoms with E-state index in [1.807, 2.05) is 0 Å². The van der Waals surface area contributed by atoms with Gasteiger partial charge in [-0.3, -0.25) is 4.79 Å². The van der Waals surface area contributed by atoms with Crippen molar-refractivity contribution in [2.45, 2.75) is 44.6 Å². The lowest BCUT2D eigenvalue weighted by atomic mass is 9.93. The minimum Gasteiger partial charge on any atom is -0.391 e. The molecule has 1 fully saturated rings. The third kappa shape index (κ3) is 4.98. The van der Waals surface area contributed by atoms with Crippen LogP contribution in [0.25, 0.3) is 11.3 Å². The zero-order valence-electron chi connectivity index (χ0n) is 18.6. The van der Waals surface area contributed by atoms with Gasteiger partial charge in [-0.25, -0.2) is 13.8 Å². The summed E-state index contributed by atoms with van der Waals surface area (Å²) in [6.07, 6.45) is -0.519. The number of aliphatic hydroxyl groups excluding tert-OH is 2. The number of methoxy groups -OCH3 is 1. The summed E-state index contributed by atoms with van der Waals surface area (Å²) in [5.41, 5.74) is -0.830. The number of ether oxygens (including phenoxy) is 1. The Morgan fingerprint density at radius 1 is 1.38 bits per heavy atom. The molecule has 0 unspecified atom stereocenters. The number of rotatable bonds is 8. The topological polar surface area (TPSA) is 111 Å². The number of amides is 1. The van der Waals surface area contributed by atoms with E-state index < -0.39 is 41.4 Å². The number of carbonyl (C=O) groups is 1. The first-order chi connectivity index (χ1) is 15.0. The van der Waals surface area contributed by atoms with E-state index in [-0.39, 0.29) is 29.5 Å². The van der Waals surface area contributed by atoms with E-state index in [4.69, 9.17) is 4.74 Å². The summed E-state index contributed by atoms with van der Waals surface area (Å²) in [6, 6.07) is 2.28. The summed E-state index contributed by atoms with van der Waals surface area (Å²) in [5.74, 6) is -1.78. The average molecular weight is 453 g/mol. The summed E-state index contributed by atoms with van der Waals surface area (Å²) in [5, 5.41) is 23.5. The molecule has 1 saturated heterocycles. The van der Waals surface area contributed by atoms with Gasteiger partial charge in [-0.1, -0.05) is 0 Å². The molecular weight excluding hydrogens is 422 g/mol. The van der Waals surface area contributed by atoms with Gasteiger partial charge in [0.1, 0.15) is 29.6 Å². The maximum Gasteiger partial charge on any atom is 0.251 e. The number of H-pyrrole nitrogens is 1. The number of aromatic nitrogens is 2. The van der Waals surface area contributed by atoms with Crippen molar-refractivity contribution >= 4 is 5.91 Å². The number of imidazole rings is 1. The normalized spacial score (nSPS) is 20.9. The van der Waals surface area contributed by atoms with Crippen molar-refractivity contribution in [2.75, 3.05) is 26.7 Å². The van der Waals surface area contributed by atoms with Gasteiger partial charge < -0.3 is 30.2 Å². The van der Waals surface area contributed by atoms with Crippen LogP contribution in [0.4, 0.5) is 8.78 Å². The summed E-state index contributed by atoms with van der Waals surface area (Å²) < 4.78 is 33.7. The summed E-state index contributed by atoms with van der Waals surface area (Å²) in [4.78, 5) is 21.9. The van der Waals surface area contributed by atoms with Crippen molar-refractivity contribution in [2.24, 2.45) is 5.92 Å². The number of benzene rings is 1. The first-order valence-electron chi connectivity index (χ1n) is 10.5. The van der Waals surface area contributed by atoms with Crippen LogP contribution >= 0.6 is 0 Å². The summed E-state index contributed by atoms with van der Waals surface area (Å²) >= 11 is 0. The Labute approximate surface area is 185 Å². The lowest BCUT2D eigenvalue weighted by Gasteiger charge is -2.41. The van der Waals surface area contributed by atoms with E-state index >= 15 is 0 Å². The third-order valence-corrected chi connectivity index (χ3v) is 5.93. The van der Waals surface area contributed by atoms with Crippen molar-refractivity contribution in [1.29, 1.82) is 0 Å². The minimum atomic E-state index is -1.30. The molecule has 0 spiro atoms. The second-order valence-electron chi connectivity index (χ2n) is 8.66. The first kappa shape index (κ1) is 24.2. The van der Waals surface area contributed by atoms with Crippen molar-refractivity contribution in [1.82, 2.24) is 20.2 Å². The number of β-amino-alcohol motifs (C(OH)–C–C–N with tert-alkyl or cyclic N) is 1. The standard InChI is InChI=1S/C22H30F2N4O4/c1-12(29)21(31)28(11-13-8-25-10-18(13)30)19(22(2,3)32-4)20-26-9-17(27-20)15-7-14(23)5-6-16(15)24/h5-7,9,12-13,18-19,25,29-30H,8,10-11H2,1-4H3,(H,26,27)/t12-,13-,18+,19-/m0/s1. The van der Waals surface area contributed by atoms with Gasteiger partial charge in [-0.15, -0.1) is 0 Å². The van der Waals surface area contributed by atoms with E-state index in [1.165, 1.54) is 25.1 Å². The number of nitrogens with one attached hydrogen (secondary N) is 2. The maximum atomic E-state index is 14.3. The molecule has 0 aliphatic carbocycles. The first-order valence-corrected chi connectivity index (χ1v) is 10.5. The van der Waals surface area contributed by atoms with Crippen molar-refractivity contribution in [3.8, 4) is 11.3 Å². The predicted molar refractivity (Wildman–Crippen MR) is 114 cm³/mol. The van der Waals surface area contributed by atoms with Gasteiger partial charge in [0.25, 0.3) is 5.91 Å². The molecule has 8 nitrogen and oxygen atoms in total. The highest BCUT2D eigenvalue weighted by atomic mass is 19.1. The quantitative estimate of drug-likeness (QED) is 0.484. The number of nitrogens with zero attached hydrogens (tertiary/aromatic N) is 2. The SMILES string of the molecule is COC(C)(C)[C@H](c1nc(-c2cc(F)ccc2F)c[nH]1)N(C[C@@H]1CNC[C@H]1O)C(=O)[C@H](C)O. The zero-order valence-corrected chi connectivity index (χ0v) is 18.6. The molecule has 3 rings (SSSR count). The molecule has 4 N–H and O–H groups in total. The van der Waals surface area contributed by atoms with Crippen LogP contribution in [0.3, 0.4) is 0 Å². The number of hydrogen-bond donors (Lipinski definition) is 4. The highest BCUT2D eigenvalue weighted by Gasteiger charge is 2.43. The van der Waals surface area contributed by atoms with E-state index in [1.54, 1.807) is 13.8 Å². The van der Waals surface area contributed by atoms with Gasteiger partial charge >= 0.3 is 0 Å². The fourth-order valence-corrected chi connectivity index (χ4v) is 3.99. The molecule has 2 aromatic rings. The van der Waals surface area contributed by atoms with Gasteiger partial charge in [-0.05, 0) is 39.0 Å². The Kier molecular flexibility index (Phi) is 7.29. The molecule has 0 saturated carbocycles. The molecule has 10 heteroatoms. The Morgan fingerprint density at radius 2 is 2.09 bits per heavy atom. The third-order valence-electron chi connectivity index (χ3n) is 5.93. The van der Waals surface area contributed by atoms with Crippen LogP contribution in [-0.4, -0.2) is 75.5 Å². The fourth-order valence-electron chi connectivity index (χ4n) is 3.99. The molecule has 1 aliphatic heterocycles. The van der Waals surface area contributed by atoms with Gasteiger partial charge in [-0.2, -0.15) is 0 Å². The Balaban J connectivity index is 2.05. The number of halogens is 2. The van der Waals surface area contributed by atoms with Crippen LogP contribution in [0.5, 0.6) is 0 Å². The number of hydrogen-bond acceptors (Lipinski definition) is 6. The van der Waals surface area contributed by atoms with Crippen LogP contribution in [0.1, 0.15) is 32.6 Å². The molecule has 1 aromatic carbocycles. The molecule has 176 valence electrons. The fraction of sp³-hybridized carbons (Fsp3) is 0.545. The van der Waals surface area contributed by atoms with Crippen LogP contribution in [-0.2, 0) is 9.53 Å². The van der Waals surface area contributed by atoms with Gasteiger partial charge in [0.15, 0.2) is 0 Å². The van der Waals surface area contributed by atoms with Crippen LogP contribution < -0.4 is 5.32 Å². The molecule has 2 heterocycles. The van der Waals surface area contributed by atoms with Gasteiger partial charge in [0.2, 0.25) is 0 Å². The van der Waals surface area contributed by atoms with E-state index in [0.717, 1.165) is 18.2 Å². The number of aliphatic hydroxyl groups is 2. The lowest BCUT2D eigenvalue weighted by Crippen LogP contribution is -2.52. The van der Waals surface area contributed by atoms with Crippen molar-refractivity contribution in [3.63, 3.8) is 0 Å². The maximum absolute atomic E-state index is 14.3.